The molecule has 14 nitrogen and oxygen atoms in total. The Morgan fingerprint density at radius 1 is 0.940 bits per heavy atom. The summed E-state index contributed by atoms with van der Waals surface area (Å²) in [5, 5.41) is 12.1. The van der Waals surface area contributed by atoms with Gasteiger partial charge in [0.2, 0.25) is 11.8 Å². The molecule has 0 spiro atoms. The standard InChI is InChI=1S/C36H49N5O9/c1-3-4-8-21-49-36(47)41-19-17-40(18-20-41)35(46)29(11-12-33(43)44)38-34(45)31-23-28(22-30(37-31)27-9-6-5-7-10-27)50-24-26-13-15-39(16-14-26)32(42)25-48-2/h5-7,9-10,22-23,26,29H,3-4,8,11-21,24-25H2,1-2H3,(H,38,45)(H,43,44)/t29-/m0/s1. The average molecular weight is 696 g/mol. The minimum absolute atomic E-state index is 0.0186. The van der Waals surface area contributed by atoms with Crippen LogP contribution in [0.3, 0.4) is 0 Å². The molecule has 14 heteroatoms. The minimum Gasteiger partial charge on any atom is -0.493 e. The van der Waals surface area contributed by atoms with E-state index in [4.69, 9.17) is 14.2 Å². The van der Waals surface area contributed by atoms with E-state index in [9.17, 15) is 29.1 Å². The molecule has 0 saturated carbocycles. The van der Waals surface area contributed by atoms with E-state index in [0.717, 1.165) is 37.7 Å². The summed E-state index contributed by atoms with van der Waals surface area (Å²) in [5.74, 6) is -1.58. The first kappa shape index (κ1) is 38.1. The molecule has 0 radical (unpaired) electrons. The maximum absolute atomic E-state index is 13.7. The van der Waals surface area contributed by atoms with Gasteiger partial charge in [0, 0.05) is 70.5 Å². The normalized spacial score (nSPS) is 15.7. The third-order valence-corrected chi connectivity index (χ3v) is 8.90. The highest BCUT2D eigenvalue weighted by molar-refractivity contribution is 5.97. The van der Waals surface area contributed by atoms with Crippen LogP contribution in [0.15, 0.2) is 42.5 Å². The zero-order valence-electron chi connectivity index (χ0n) is 29.0. The maximum atomic E-state index is 13.7. The maximum Gasteiger partial charge on any atom is 0.409 e. The molecule has 272 valence electrons. The van der Waals surface area contributed by atoms with Gasteiger partial charge in [0.05, 0.1) is 18.9 Å². The number of nitrogens with one attached hydrogen (secondary N) is 1. The van der Waals surface area contributed by atoms with Crippen molar-refractivity contribution in [2.75, 3.05) is 66.2 Å². The second-order valence-electron chi connectivity index (χ2n) is 12.6. The van der Waals surface area contributed by atoms with Crippen LogP contribution in [0.1, 0.15) is 62.4 Å². The summed E-state index contributed by atoms with van der Waals surface area (Å²) >= 11 is 0. The molecule has 4 amide bonds. The number of amides is 4. The number of aliphatic carboxylic acids is 1. The Labute approximate surface area is 293 Å². The van der Waals surface area contributed by atoms with Gasteiger partial charge >= 0.3 is 12.1 Å². The Hall–Kier alpha value is -4.72. The number of carbonyl (C=O) groups excluding carboxylic acids is 4. The van der Waals surface area contributed by atoms with E-state index in [2.05, 4.69) is 17.2 Å². The van der Waals surface area contributed by atoms with Gasteiger partial charge in [0.15, 0.2) is 0 Å². The van der Waals surface area contributed by atoms with E-state index in [1.807, 2.05) is 30.3 Å². The number of ether oxygens (including phenoxy) is 3. The first-order valence-corrected chi connectivity index (χ1v) is 17.4. The van der Waals surface area contributed by atoms with Crippen LogP contribution in [0, 0.1) is 5.92 Å². The number of piperidine rings is 1. The second kappa shape index (κ2) is 19.5. The highest BCUT2D eigenvalue weighted by Gasteiger charge is 2.31. The molecule has 4 rings (SSSR count). The Morgan fingerprint density at radius 3 is 2.30 bits per heavy atom. The second-order valence-corrected chi connectivity index (χ2v) is 12.6. The summed E-state index contributed by atoms with van der Waals surface area (Å²) in [6, 6.07) is 11.5. The lowest BCUT2D eigenvalue weighted by Crippen LogP contribution is -2.56. The highest BCUT2D eigenvalue weighted by atomic mass is 16.6. The largest absolute Gasteiger partial charge is 0.493 e. The van der Waals surface area contributed by atoms with Crippen LogP contribution in [0.2, 0.25) is 0 Å². The van der Waals surface area contributed by atoms with Crippen molar-refractivity contribution >= 4 is 29.8 Å². The summed E-state index contributed by atoms with van der Waals surface area (Å²) in [6.07, 6.45) is 3.44. The molecule has 2 aliphatic rings. The van der Waals surface area contributed by atoms with Gasteiger partial charge in [-0.15, -0.1) is 0 Å². The van der Waals surface area contributed by atoms with Crippen LogP contribution < -0.4 is 10.1 Å². The Balaban J connectivity index is 1.43. The quantitative estimate of drug-likeness (QED) is 0.248. The number of carboxylic acids is 1. The molecule has 2 N–H and O–H groups in total. The molecule has 0 bridgehead atoms. The van der Waals surface area contributed by atoms with Crippen molar-refractivity contribution in [2.45, 2.75) is 57.9 Å². The van der Waals surface area contributed by atoms with E-state index in [1.165, 1.54) is 18.1 Å². The summed E-state index contributed by atoms with van der Waals surface area (Å²) in [6.45, 7) is 5.05. The van der Waals surface area contributed by atoms with Crippen molar-refractivity contribution < 1.29 is 43.3 Å². The van der Waals surface area contributed by atoms with Gasteiger partial charge in [-0.05, 0) is 31.6 Å². The van der Waals surface area contributed by atoms with E-state index < -0.39 is 29.9 Å². The lowest BCUT2D eigenvalue weighted by Gasteiger charge is -2.36. The topological polar surface area (TPSA) is 168 Å². The summed E-state index contributed by atoms with van der Waals surface area (Å²) < 4.78 is 16.5. The smallest absolute Gasteiger partial charge is 0.409 e. The Kier molecular flexibility index (Phi) is 14.8. The van der Waals surface area contributed by atoms with Crippen LogP contribution in [0.5, 0.6) is 5.75 Å². The summed E-state index contributed by atoms with van der Waals surface area (Å²) in [5.41, 5.74) is 1.28. The van der Waals surface area contributed by atoms with Crippen molar-refractivity contribution in [3.63, 3.8) is 0 Å². The molecule has 1 atom stereocenters. The molecule has 2 saturated heterocycles. The van der Waals surface area contributed by atoms with Gasteiger partial charge in [0.25, 0.3) is 5.91 Å². The molecule has 2 fully saturated rings. The number of likely N-dealkylation sites (tertiary alicyclic amines) is 1. The molecular formula is C36H49N5O9. The van der Waals surface area contributed by atoms with Crippen LogP contribution in [0.4, 0.5) is 4.79 Å². The van der Waals surface area contributed by atoms with Gasteiger partial charge in [-0.3, -0.25) is 19.2 Å². The minimum atomic E-state index is -1.12. The number of hydrogen-bond donors (Lipinski definition) is 2. The fourth-order valence-electron chi connectivity index (χ4n) is 5.93. The number of carbonyl (C=O) groups is 5. The fourth-order valence-corrected chi connectivity index (χ4v) is 5.93. The van der Waals surface area contributed by atoms with Crippen molar-refractivity contribution in [3.8, 4) is 17.0 Å². The molecule has 2 aliphatic heterocycles. The lowest BCUT2D eigenvalue weighted by atomic mass is 9.98. The number of carboxylic acid groups (broad SMARTS) is 1. The fraction of sp³-hybridized carbons (Fsp3) is 0.556. The third-order valence-electron chi connectivity index (χ3n) is 8.90. The number of pyridine rings is 1. The van der Waals surface area contributed by atoms with E-state index in [1.54, 1.807) is 15.9 Å². The van der Waals surface area contributed by atoms with E-state index in [0.29, 0.717) is 37.7 Å². The van der Waals surface area contributed by atoms with Gasteiger partial charge in [-0.2, -0.15) is 0 Å². The lowest BCUT2D eigenvalue weighted by molar-refractivity contribution is -0.138. The van der Waals surface area contributed by atoms with Gasteiger partial charge < -0.3 is 39.3 Å². The summed E-state index contributed by atoms with van der Waals surface area (Å²) in [7, 11) is 1.50. The van der Waals surface area contributed by atoms with Crippen molar-refractivity contribution in [2.24, 2.45) is 5.92 Å². The van der Waals surface area contributed by atoms with Crippen LogP contribution >= 0.6 is 0 Å². The average Bonchev–Trinajstić information content (AvgIpc) is 3.14. The van der Waals surface area contributed by atoms with Gasteiger partial charge in [0.1, 0.15) is 24.1 Å². The SMILES string of the molecule is CCCCCOC(=O)N1CCN(C(=O)[C@H](CCC(=O)O)NC(=O)c2cc(OCC3CCN(C(=O)COC)CC3)cc(-c3ccccc3)n2)CC1. The monoisotopic (exact) mass is 695 g/mol. The molecule has 0 unspecified atom stereocenters. The zero-order chi connectivity index (χ0) is 35.9. The van der Waals surface area contributed by atoms with Crippen LogP contribution in [0.25, 0.3) is 11.3 Å². The van der Waals surface area contributed by atoms with E-state index >= 15 is 0 Å². The first-order valence-electron chi connectivity index (χ1n) is 17.4. The highest BCUT2D eigenvalue weighted by Crippen LogP contribution is 2.26. The van der Waals surface area contributed by atoms with Crippen molar-refractivity contribution in [3.05, 3.63) is 48.2 Å². The predicted molar refractivity (Wildman–Crippen MR) is 183 cm³/mol. The third kappa shape index (κ3) is 11.4. The van der Waals surface area contributed by atoms with Gasteiger partial charge in [-0.1, -0.05) is 50.1 Å². The van der Waals surface area contributed by atoms with Crippen molar-refractivity contribution in [1.82, 2.24) is 25.0 Å². The molecule has 0 aliphatic carbocycles. The molecule has 1 aromatic carbocycles. The number of piperazine rings is 1. The van der Waals surface area contributed by atoms with E-state index in [-0.39, 0.29) is 63.1 Å². The Morgan fingerprint density at radius 2 is 1.64 bits per heavy atom. The number of methoxy groups -OCH3 is 1. The molecular weight excluding hydrogens is 646 g/mol. The summed E-state index contributed by atoms with van der Waals surface area (Å²) in [4.78, 5) is 72.9. The molecule has 2 aromatic rings. The number of benzene rings is 1. The predicted octanol–water partition coefficient (Wildman–Crippen LogP) is 3.45. The van der Waals surface area contributed by atoms with Gasteiger partial charge in [-0.25, -0.2) is 9.78 Å². The van der Waals surface area contributed by atoms with Crippen LogP contribution in [-0.2, 0) is 23.9 Å². The number of aromatic nitrogens is 1. The Bertz CT molecular complexity index is 1440. The first-order chi connectivity index (χ1) is 24.2. The van der Waals surface area contributed by atoms with Crippen molar-refractivity contribution in [1.29, 1.82) is 0 Å². The number of rotatable bonds is 16. The molecule has 1 aromatic heterocycles. The molecule has 3 heterocycles. The number of nitrogens with zero attached hydrogens (tertiary/aromatic N) is 4. The number of hydrogen-bond acceptors (Lipinski definition) is 9. The van der Waals surface area contributed by atoms with Crippen LogP contribution in [-0.4, -0.2) is 127 Å². The zero-order valence-corrected chi connectivity index (χ0v) is 29.0. The molecule has 50 heavy (non-hydrogen) atoms. The number of unbranched alkanes of at least 4 members (excludes halogenated alkanes) is 2.